The molecule has 1 aromatic heterocycles. The summed E-state index contributed by atoms with van der Waals surface area (Å²) in [4.78, 5) is 15.3. The highest BCUT2D eigenvalue weighted by Gasteiger charge is 2.21. The largest absolute Gasteiger partial charge is 0.380 e. The highest BCUT2D eigenvalue weighted by Crippen LogP contribution is 2.23. The van der Waals surface area contributed by atoms with E-state index in [9.17, 15) is 4.79 Å². The van der Waals surface area contributed by atoms with Crippen LogP contribution in [0.25, 0.3) is 6.08 Å². The molecule has 4 nitrogen and oxygen atoms in total. The lowest BCUT2D eigenvalue weighted by atomic mass is 10.2. The third-order valence-electron chi connectivity index (χ3n) is 3.92. The Morgan fingerprint density at radius 2 is 2.17 bits per heavy atom. The summed E-state index contributed by atoms with van der Waals surface area (Å²) in [5, 5.41) is 4.87. The number of nitrogens with one attached hydrogen (secondary N) is 1. The van der Waals surface area contributed by atoms with Crippen molar-refractivity contribution >= 4 is 34.7 Å². The van der Waals surface area contributed by atoms with Crippen molar-refractivity contribution in [3.05, 3.63) is 52.7 Å². The first-order chi connectivity index (χ1) is 11.2. The van der Waals surface area contributed by atoms with Crippen molar-refractivity contribution in [1.82, 2.24) is 0 Å². The van der Waals surface area contributed by atoms with E-state index in [1.807, 2.05) is 47.9 Å². The third-order valence-corrected chi connectivity index (χ3v) is 4.76. The van der Waals surface area contributed by atoms with Gasteiger partial charge in [-0.15, -0.1) is 11.3 Å². The van der Waals surface area contributed by atoms with E-state index < -0.39 is 0 Å². The number of hydrogen-bond acceptors (Lipinski definition) is 4. The molecule has 1 unspecified atom stereocenters. The van der Waals surface area contributed by atoms with E-state index in [0.717, 1.165) is 35.8 Å². The van der Waals surface area contributed by atoms with Gasteiger partial charge in [-0.1, -0.05) is 6.07 Å². The van der Waals surface area contributed by atoms with Crippen molar-refractivity contribution in [3.8, 4) is 0 Å². The minimum atomic E-state index is -0.119. The van der Waals surface area contributed by atoms with Gasteiger partial charge in [0.2, 0.25) is 5.91 Å². The molecule has 0 bridgehead atoms. The maximum Gasteiger partial charge on any atom is 0.248 e. The molecule has 2 aromatic rings. The summed E-state index contributed by atoms with van der Waals surface area (Å²) in [5.74, 6) is -0.119. The number of anilines is 2. The standard InChI is InChI=1S/C18H20N2O2S/c1-22-16-10-11-20(13-16)15-6-4-14(5-7-15)19-18(21)9-8-17-3-2-12-23-17/h2-9,12,16H,10-11,13H2,1H3,(H,19,21)/b9-8+. The fourth-order valence-electron chi connectivity index (χ4n) is 2.64. The first-order valence-corrected chi connectivity index (χ1v) is 8.53. The van der Waals surface area contributed by atoms with Crippen molar-refractivity contribution in [2.45, 2.75) is 12.5 Å². The minimum Gasteiger partial charge on any atom is -0.380 e. The zero-order valence-electron chi connectivity index (χ0n) is 13.1. The number of amides is 1. The molecule has 120 valence electrons. The first kappa shape index (κ1) is 15.8. The van der Waals surface area contributed by atoms with E-state index in [-0.39, 0.29) is 5.91 Å². The van der Waals surface area contributed by atoms with Crippen LogP contribution in [0.5, 0.6) is 0 Å². The Morgan fingerprint density at radius 3 is 2.83 bits per heavy atom. The molecule has 1 fully saturated rings. The molecule has 0 radical (unpaired) electrons. The Labute approximate surface area is 140 Å². The molecule has 23 heavy (non-hydrogen) atoms. The second kappa shape index (κ2) is 7.44. The van der Waals surface area contributed by atoms with Crippen molar-refractivity contribution in [3.63, 3.8) is 0 Å². The molecule has 3 rings (SSSR count). The maximum atomic E-state index is 11.9. The minimum absolute atomic E-state index is 0.119. The molecule has 1 aliphatic heterocycles. The molecule has 0 saturated carbocycles. The molecule has 1 aliphatic rings. The number of ether oxygens (including phenoxy) is 1. The number of benzene rings is 1. The molecule has 5 heteroatoms. The van der Waals surface area contributed by atoms with Gasteiger partial charge in [-0.25, -0.2) is 0 Å². The van der Waals surface area contributed by atoms with Crippen LogP contribution in [0.4, 0.5) is 11.4 Å². The molecule has 1 atom stereocenters. The van der Waals surface area contributed by atoms with Gasteiger partial charge in [0, 0.05) is 42.5 Å². The summed E-state index contributed by atoms with van der Waals surface area (Å²) >= 11 is 1.61. The lowest BCUT2D eigenvalue weighted by Gasteiger charge is -2.18. The molecule has 1 saturated heterocycles. The quantitative estimate of drug-likeness (QED) is 0.852. The number of carbonyl (C=O) groups is 1. The summed E-state index contributed by atoms with van der Waals surface area (Å²) in [6.07, 6.45) is 4.76. The van der Waals surface area contributed by atoms with Gasteiger partial charge in [-0.2, -0.15) is 0 Å². The van der Waals surface area contributed by atoms with E-state index in [4.69, 9.17) is 4.74 Å². The van der Waals surface area contributed by atoms with Crippen LogP contribution in [0.2, 0.25) is 0 Å². The monoisotopic (exact) mass is 328 g/mol. The maximum absolute atomic E-state index is 11.9. The van der Waals surface area contributed by atoms with Crippen molar-refractivity contribution in [2.75, 3.05) is 30.4 Å². The van der Waals surface area contributed by atoms with Gasteiger partial charge in [-0.05, 0) is 48.2 Å². The van der Waals surface area contributed by atoms with Crippen LogP contribution in [0.3, 0.4) is 0 Å². The Balaban J connectivity index is 1.56. The van der Waals surface area contributed by atoms with Gasteiger partial charge in [0.25, 0.3) is 0 Å². The average molecular weight is 328 g/mol. The van der Waals surface area contributed by atoms with E-state index >= 15 is 0 Å². The SMILES string of the molecule is COC1CCN(c2ccc(NC(=O)/C=C/c3cccs3)cc2)C1. The van der Waals surface area contributed by atoms with Crippen molar-refractivity contribution in [2.24, 2.45) is 0 Å². The summed E-state index contributed by atoms with van der Waals surface area (Å²) in [6, 6.07) is 11.9. The lowest BCUT2D eigenvalue weighted by molar-refractivity contribution is -0.111. The molecule has 0 spiro atoms. The number of rotatable bonds is 5. The number of methoxy groups -OCH3 is 1. The molecule has 1 amide bonds. The third kappa shape index (κ3) is 4.21. The predicted octanol–water partition coefficient (Wildman–Crippen LogP) is 3.63. The van der Waals surface area contributed by atoms with Gasteiger partial charge in [-0.3, -0.25) is 4.79 Å². The molecular weight excluding hydrogens is 308 g/mol. The molecule has 1 N–H and O–H groups in total. The lowest BCUT2D eigenvalue weighted by Crippen LogP contribution is -2.22. The van der Waals surface area contributed by atoms with Crippen LogP contribution < -0.4 is 10.2 Å². The van der Waals surface area contributed by atoms with Crippen molar-refractivity contribution < 1.29 is 9.53 Å². The molecule has 0 aliphatic carbocycles. The Morgan fingerprint density at radius 1 is 1.35 bits per heavy atom. The summed E-state index contributed by atoms with van der Waals surface area (Å²) in [5.41, 5.74) is 1.97. The van der Waals surface area contributed by atoms with Gasteiger partial charge in [0.1, 0.15) is 0 Å². The second-order valence-electron chi connectivity index (χ2n) is 5.48. The number of hydrogen-bond donors (Lipinski definition) is 1. The zero-order valence-corrected chi connectivity index (χ0v) is 13.9. The summed E-state index contributed by atoms with van der Waals surface area (Å²) in [6.45, 7) is 1.93. The topological polar surface area (TPSA) is 41.6 Å². The van der Waals surface area contributed by atoms with E-state index in [2.05, 4.69) is 10.2 Å². The number of carbonyl (C=O) groups excluding carboxylic acids is 1. The molecule has 2 heterocycles. The fraction of sp³-hybridized carbons (Fsp3) is 0.278. The van der Waals surface area contributed by atoms with Crippen LogP contribution in [0.1, 0.15) is 11.3 Å². The fourth-order valence-corrected chi connectivity index (χ4v) is 3.26. The number of nitrogens with zero attached hydrogens (tertiary/aromatic N) is 1. The molecular formula is C18H20N2O2S. The smallest absolute Gasteiger partial charge is 0.248 e. The average Bonchev–Trinajstić information content (AvgIpc) is 3.25. The normalized spacial score (nSPS) is 17.8. The van der Waals surface area contributed by atoms with Gasteiger partial charge in [0.15, 0.2) is 0 Å². The van der Waals surface area contributed by atoms with Gasteiger partial charge >= 0.3 is 0 Å². The predicted molar refractivity (Wildman–Crippen MR) is 96.1 cm³/mol. The van der Waals surface area contributed by atoms with Gasteiger partial charge in [0.05, 0.1) is 6.10 Å². The first-order valence-electron chi connectivity index (χ1n) is 7.65. The Kier molecular flexibility index (Phi) is 5.10. The summed E-state index contributed by atoms with van der Waals surface area (Å²) < 4.78 is 5.39. The molecule has 1 aromatic carbocycles. The van der Waals surface area contributed by atoms with E-state index in [1.54, 1.807) is 24.5 Å². The highest BCUT2D eigenvalue weighted by atomic mass is 32.1. The Hall–Kier alpha value is -2.11. The highest BCUT2D eigenvalue weighted by molar-refractivity contribution is 7.10. The van der Waals surface area contributed by atoms with Crippen molar-refractivity contribution in [1.29, 1.82) is 0 Å². The summed E-state index contributed by atoms with van der Waals surface area (Å²) in [7, 11) is 1.76. The van der Waals surface area contributed by atoms with E-state index in [1.165, 1.54) is 0 Å². The zero-order chi connectivity index (χ0) is 16.1. The van der Waals surface area contributed by atoms with E-state index in [0.29, 0.717) is 6.10 Å². The number of thiophene rings is 1. The van der Waals surface area contributed by atoms with Crippen LogP contribution in [0.15, 0.2) is 47.9 Å². The van der Waals surface area contributed by atoms with Crippen LogP contribution in [-0.2, 0) is 9.53 Å². The van der Waals surface area contributed by atoms with Gasteiger partial charge < -0.3 is 15.0 Å². The van der Waals surface area contributed by atoms with Crippen LogP contribution in [0, 0.1) is 0 Å². The second-order valence-corrected chi connectivity index (χ2v) is 6.46. The Bertz CT molecular complexity index is 665. The van der Waals surface area contributed by atoms with Crippen LogP contribution >= 0.6 is 11.3 Å². The van der Waals surface area contributed by atoms with Crippen LogP contribution in [-0.4, -0.2) is 32.2 Å².